The Hall–Kier alpha value is -1.94. The molecule has 1 aliphatic rings. The van der Waals surface area contributed by atoms with E-state index < -0.39 is 0 Å². The topological polar surface area (TPSA) is 51.2 Å². The second kappa shape index (κ2) is 4.63. The highest BCUT2D eigenvalue weighted by molar-refractivity contribution is 6.05. The molecule has 1 aromatic heterocycles. The summed E-state index contributed by atoms with van der Waals surface area (Å²) < 4.78 is 5.18. The Morgan fingerprint density at radius 2 is 2.16 bits per heavy atom. The van der Waals surface area contributed by atoms with E-state index in [9.17, 15) is 4.79 Å². The van der Waals surface area contributed by atoms with Crippen molar-refractivity contribution in [3.63, 3.8) is 0 Å². The van der Waals surface area contributed by atoms with Crippen LogP contribution in [0.2, 0.25) is 0 Å². The third-order valence-electron chi connectivity index (χ3n) is 3.47. The Kier molecular flexibility index (Phi) is 2.95. The number of fused-ring (bicyclic) bond motifs is 1. The lowest BCUT2D eigenvalue weighted by Gasteiger charge is -2.38. The Labute approximate surface area is 111 Å². The molecular formula is C15H16N2O2. The van der Waals surface area contributed by atoms with Gasteiger partial charge in [0.1, 0.15) is 0 Å². The lowest BCUT2D eigenvalue weighted by Crippen LogP contribution is -2.48. The zero-order valence-electron chi connectivity index (χ0n) is 10.8. The number of aromatic nitrogens is 1. The summed E-state index contributed by atoms with van der Waals surface area (Å²) in [4.78, 5) is 16.5. The van der Waals surface area contributed by atoms with E-state index in [4.69, 9.17) is 4.74 Å². The second-order valence-electron chi connectivity index (χ2n) is 5.36. The van der Waals surface area contributed by atoms with Crippen LogP contribution in [-0.4, -0.2) is 30.6 Å². The van der Waals surface area contributed by atoms with E-state index in [0.717, 1.165) is 10.9 Å². The summed E-state index contributed by atoms with van der Waals surface area (Å²) in [6, 6.07) is 9.43. The number of hydrogen-bond acceptors (Lipinski definition) is 3. The van der Waals surface area contributed by atoms with Crippen LogP contribution >= 0.6 is 0 Å². The smallest absolute Gasteiger partial charge is 0.252 e. The average Bonchev–Trinajstić information content (AvgIpc) is 2.42. The van der Waals surface area contributed by atoms with E-state index >= 15 is 0 Å². The first-order valence-corrected chi connectivity index (χ1v) is 6.38. The van der Waals surface area contributed by atoms with Crippen molar-refractivity contribution < 1.29 is 9.53 Å². The number of carbonyl (C=O) groups is 1. The van der Waals surface area contributed by atoms with Gasteiger partial charge in [0.2, 0.25) is 0 Å². The van der Waals surface area contributed by atoms with Crippen LogP contribution in [0.3, 0.4) is 0 Å². The van der Waals surface area contributed by atoms with E-state index in [2.05, 4.69) is 17.2 Å². The third kappa shape index (κ3) is 2.31. The minimum atomic E-state index is -0.0493. The number of pyridine rings is 1. The molecule has 4 nitrogen and oxygen atoms in total. The first kappa shape index (κ1) is 12.1. The minimum absolute atomic E-state index is 0.0493. The molecule has 19 heavy (non-hydrogen) atoms. The highest BCUT2D eigenvalue weighted by Crippen LogP contribution is 2.25. The van der Waals surface area contributed by atoms with Gasteiger partial charge in [-0.25, -0.2) is 0 Å². The summed E-state index contributed by atoms with van der Waals surface area (Å²) in [6.45, 7) is 4.18. The number of para-hydroxylation sites is 1. The van der Waals surface area contributed by atoms with Crippen LogP contribution in [0.5, 0.6) is 0 Å². The van der Waals surface area contributed by atoms with E-state index in [1.165, 1.54) is 0 Å². The monoisotopic (exact) mass is 256 g/mol. The summed E-state index contributed by atoms with van der Waals surface area (Å²) in [5.41, 5.74) is 1.60. The molecule has 0 radical (unpaired) electrons. The SMILES string of the molecule is CC1(CNC(=O)c2ccnc3ccccc23)COC1. The van der Waals surface area contributed by atoms with Crippen LogP contribution in [0.15, 0.2) is 36.5 Å². The fraction of sp³-hybridized carbons (Fsp3) is 0.333. The first-order chi connectivity index (χ1) is 9.18. The third-order valence-corrected chi connectivity index (χ3v) is 3.47. The van der Waals surface area contributed by atoms with Crippen molar-refractivity contribution in [2.24, 2.45) is 5.41 Å². The first-order valence-electron chi connectivity index (χ1n) is 6.38. The highest BCUT2D eigenvalue weighted by Gasteiger charge is 2.33. The number of nitrogens with one attached hydrogen (secondary N) is 1. The van der Waals surface area contributed by atoms with Crippen molar-refractivity contribution in [2.45, 2.75) is 6.92 Å². The number of ether oxygens (including phenoxy) is 1. The Bertz CT molecular complexity index is 615. The zero-order valence-corrected chi connectivity index (χ0v) is 10.8. The van der Waals surface area contributed by atoms with Crippen LogP contribution in [0.25, 0.3) is 10.9 Å². The standard InChI is InChI=1S/C15H16N2O2/c1-15(9-19-10-15)8-17-14(18)12-6-7-16-13-5-3-2-4-11(12)13/h2-7H,8-10H2,1H3,(H,17,18). The van der Waals surface area contributed by atoms with Gasteiger partial charge >= 0.3 is 0 Å². The van der Waals surface area contributed by atoms with Gasteiger partial charge in [0.05, 0.1) is 24.3 Å². The summed E-state index contributed by atoms with van der Waals surface area (Å²) >= 11 is 0. The maximum atomic E-state index is 12.3. The van der Waals surface area contributed by atoms with Crippen molar-refractivity contribution in [2.75, 3.05) is 19.8 Å². The lowest BCUT2D eigenvalue weighted by molar-refractivity contribution is -0.0978. The van der Waals surface area contributed by atoms with Gasteiger partial charge < -0.3 is 10.1 Å². The van der Waals surface area contributed by atoms with E-state index in [1.807, 2.05) is 24.3 Å². The number of amides is 1. The summed E-state index contributed by atoms with van der Waals surface area (Å²) in [5, 5.41) is 3.87. The van der Waals surface area contributed by atoms with Gasteiger partial charge in [-0.15, -0.1) is 0 Å². The van der Waals surface area contributed by atoms with Crippen LogP contribution < -0.4 is 5.32 Å². The van der Waals surface area contributed by atoms with Gasteiger partial charge in [0.15, 0.2) is 0 Å². The Morgan fingerprint density at radius 1 is 1.37 bits per heavy atom. The number of carbonyl (C=O) groups excluding carboxylic acids is 1. The highest BCUT2D eigenvalue weighted by atomic mass is 16.5. The molecule has 0 atom stereocenters. The van der Waals surface area contributed by atoms with Crippen LogP contribution in [-0.2, 0) is 4.74 Å². The molecule has 1 aliphatic heterocycles. The number of nitrogens with zero attached hydrogens (tertiary/aromatic N) is 1. The molecule has 1 aromatic carbocycles. The van der Waals surface area contributed by atoms with Crippen LogP contribution in [0.4, 0.5) is 0 Å². The summed E-state index contributed by atoms with van der Waals surface area (Å²) in [6.07, 6.45) is 1.67. The molecule has 2 aromatic rings. The molecule has 1 N–H and O–H groups in total. The average molecular weight is 256 g/mol. The van der Waals surface area contributed by atoms with E-state index in [1.54, 1.807) is 12.3 Å². The predicted octanol–water partition coefficient (Wildman–Crippen LogP) is 2.00. The number of hydrogen-bond donors (Lipinski definition) is 1. The molecule has 0 spiro atoms. The molecule has 0 unspecified atom stereocenters. The largest absolute Gasteiger partial charge is 0.380 e. The predicted molar refractivity (Wildman–Crippen MR) is 73.0 cm³/mol. The Morgan fingerprint density at radius 3 is 2.89 bits per heavy atom. The molecule has 0 aliphatic carbocycles. The molecule has 1 amide bonds. The molecule has 98 valence electrons. The molecule has 1 saturated heterocycles. The maximum Gasteiger partial charge on any atom is 0.252 e. The van der Waals surface area contributed by atoms with Gasteiger partial charge in [-0.1, -0.05) is 25.1 Å². The molecule has 0 saturated carbocycles. The van der Waals surface area contributed by atoms with Gasteiger partial charge in [-0.05, 0) is 12.1 Å². The number of rotatable bonds is 3. The number of benzene rings is 1. The lowest BCUT2D eigenvalue weighted by atomic mass is 9.88. The van der Waals surface area contributed by atoms with Crippen molar-refractivity contribution in [1.82, 2.24) is 10.3 Å². The van der Waals surface area contributed by atoms with Crippen molar-refractivity contribution in [1.29, 1.82) is 0 Å². The van der Waals surface area contributed by atoms with Crippen LogP contribution in [0.1, 0.15) is 17.3 Å². The summed E-state index contributed by atoms with van der Waals surface area (Å²) in [7, 11) is 0. The molecule has 4 heteroatoms. The van der Waals surface area contributed by atoms with Crippen molar-refractivity contribution in [3.05, 3.63) is 42.1 Å². The quantitative estimate of drug-likeness (QED) is 0.913. The second-order valence-corrected chi connectivity index (χ2v) is 5.36. The van der Waals surface area contributed by atoms with Gasteiger partial charge in [0, 0.05) is 23.5 Å². The molecule has 0 bridgehead atoms. The molecule has 3 rings (SSSR count). The normalized spacial score (nSPS) is 16.9. The fourth-order valence-corrected chi connectivity index (χ4v) is 2.24. The van der Waals surface area contributed by atoms with Gasteiger partial charge in [-0.2, -0.15) is 0 Å². The van der Waals surface area contributed by atoms with Crippen molar-refractivity contribution in [3.8, 4) is 0 Å². The molecular weight excluding hydrogens is 240 g/mol. The summed E-state index contributed by atoms with van der Waals surface area (Å²) in [5.74, 6) is -0.0493. The molecule has 1 fully saturated rings. The zero-order chi connectivity index (χ0) is 13.3. The minimum Gasteiger partial charge on any atom is -0.380 e. The van der Waals surface area contributed by atoms with Gasteiger partial charge in [0.25, 0.3) is 5.91 Å². The van der Waals surface area contributed by atoms with Crippen LogP contribution in [0, 0.1) is 5.41 Å². The fourth-order valence-electron chi connectivity index (χ4n) is 2.24. The molecule has 2 heterocycles. The van der Waals surface area contributed by atoms with E-state index in [-0.39, 0.29) is 11.3 Å². The van der Waals surface area contributed by atoms with Gasteiger partial charge in [-0.3, -0.25) is 9.78 Å². The van der Waals surface area contributed by atoms with Crippen molar-refractivity contribution >= 4 is 16.8 Å². The maximum absolute atomic E-state index is 12.3. The Balaban J connectivity index is 1.81. The van der Waals surface area contributed by atoms with E-state index in [0.29, 0.717) is 25.3 Å².